The molecule has 0 aromatic heterocycles. The van der Waals surface area contributed by atoms with Crippen molar-refractivity contribution in [2.75, 3.05) is 52.5 Å². The van der Waals surface area contributed by atoms with Gasteiger partial charge in [0, 0.05) is 50.9 Å². The van der Waals surface area contributed by atoms with Crippen LogP contribution in [0.1, 0.15) is 36.7 Å². The topological polar surface area (TPSA) is 70.2 Å². The Morgan fingerprint density at radius 2 is 1.71 bits per heavy atom. The second kappa shape index (κ2) is 8.90. The zero-order chi connectivity index (χ0) is 20.3. The van der Waals surface area contributed by atoms with E-state index in [-0.39, 0.29) is 10.8 Å². The SMILES string of the molecule is CCc1ccc(C(=O)N2CCN(C(C)C)CC2)cc1S(=O)(=O)N1CCOCC1. The predicted molar refractivity (Wildman–Crippen MR) is 108 cm³/mol. The van der Waals surface area contributed by atoms with Crippen LogP contribution in [0.4, 0.5) is 0 Å². The molecule has 0 unspecified atom stereocenters. The van der Waals surface area contributed by atoms with Crippen molar-refractivity contribution in [1.29, 1.82) is 0 Å². The molecule has 0 spiro atoms. The van der Waals surface area contributed by atoms with Crippen molar-refractivity contribution in [2.24, 2.45) is 0 Å². The number of rotatable bonds is 5. The molecule has 1 aromatic rings. The zero-order valence-electron chi connectivity index (χ0n) is 17.1. The number of hydrogen-bond donors (Lipinski definition) is 0. The van der Waals surface area contributed by atoms with Gasteiger partial charge in [0.1, 0.15) is 0 Å². The Balaban J connectivity index is 1.84. The third-order valence-electron chi connectivity index (χ3n) is 5.61. The molecule has 2 fully saturated rings. The first-order chi connectivity index (χ1) is 13.3. The maximum atomic E-state index is 13.2. The molecule has 0 bridgehead atoms. The van der Waals surface area contributed by atoms with Gasteiger partial charge in [-0.2, -0.15) is 4.31 Å². The molecule has 0 atom stereocenters. The average Bonchev–Trinajstić information content (AvgIpc) is 2.73. The summed E-state index contributed by atoms with van der Waals surface area (Å²) in [4.78, 5) is 17.4. The van der Waals surface area contributed by atoms with Gasteiger partial charge in [0.25, 0.3) is 5.91 Å². The Bertz CT molecular complexity index is 796. The summed E-state index contributed by atoms with van der Waals surface area (Å²) in [5.41, 5.74) is 1.19. The molecule has 0 saturated carbocycles. The summed E-state index contributed by atoms with van der Waals surface area (Å²) in [7, 11) is -3.64. The van der Waals surface area contributed by atoms with Gasteiger partial charge in [0.05, 0.1) is 18.1 Å². The molecule has 0 aliphatic carbocycles. The number of sulfonamides is 1. The molecule has 28 heavy (non-hydrogen) atoms. The van der Waals surface area contributed by atoms with Crippen LogP contribution in [0.3, 0.4) is 0 Å². The fourth-order valence-electron chi connectivity index (χ4n) is 3.77. The molecule has 2 heterocycles. The van der Waals surface area contributed by atoms with Crippen molar-refractivity contribution >= 4 is 15.9 Å². The first kappa shape index (κ1) is 21.2. The summed E-state index contributed by atoms with van der Waals surface area (Å²) in [6.07, 6.45) is 0.598. The molecular weight excluding hydrogens is 378 g/mol. The Hall–Kier alpha value is -1.48. The number of ether oxygens (including phenoxy) is 1. The summed E-state index contributed by atoms with van der Waals surface area (Å²) in [6, 6.07) is 5.58. The summed E-state index contributed by atoms with van der Waals surface area (Å²) >= 11 is 0. The van der Waals surface area contributed by atoms with Crippen LogP contribution in [0.25, 0.3) is 0 Å². The number of nitrogens with zero attached hydrogens (tertiary/aromatic N) is 3. The molecule has 2 saturated heterocycles. The fraction of sp³-hybridized carbons (Fsp3) is 0.650. The Morgan fingerprint density at radius 1 is 1.07 bits per heavy atom. The number of piperazine rings is 1. The molecule has 156 valence electrons. The molecule has 0 N–H and O–H groups in total. The molecule has 3 rings (SSSR count). The van der Waals surface area contributed by atoms with Crippen molar-refractivity contribution in [3.8, 4) is 0 Å². The van der Waals surface area contributed by atoms with E-state index in [4.69, 9.17) is 4.74 Å². The lowest BCUT2D eigenvalue weighted by molar-refractivity contribution is 0.0595. The number of amides is 1. The van der Waals surface area contributed by atoms with Crippen molar-refractivity contribution < 1.29 is 17.9 Å². The molecule has 8 heteroatoms. The predicted octanol–water partition coefficient (Wildman–Crippen LogP) is 1.44. The van der Waals surface area contributed by atoms with Crippen molar-refractivity contribution in [2.45, 2.75) is 38.1 Å². The summed E-state index contributed by atoms with van der Waals surface area (Å²) in [5, 5.41) is 0. The van der Waals surface area contributed by atoms with Gasteiger partial charge in [0.15, 0.2) is 0 Å². The van der Waals surface area contributed by atoms with Crippen LogP contribution < -0.4 is 0 Å². The van der Waals surface area contributed by atoms with E-state index < -0.39 is 10.0 Å². The lowest BCUT2D eigenvalue weighted by atomic mass is 10.1. The zero-order valence-corrected chi connectivity index (χ0v) is 17.9. The smallest absolute Gasteiger partial charge is 0.253 e. The molecular formula is C20H31N3O4S. The van der Waals surface area contributed by atoms with E-state index in [0.29, 0.717) is 57.4 Å². The van der Waals surface area contributed by atoms with Gasteiger partial charge in [-0.05, 0) is 38.0 Å². The van der Waals surface area contributed by atoms with Crippen molar-refractivity contribution in [3.63, 3.8) is 0 Å². The first-order valence-electron chi connectivity index (χ1n) is 10.1. The maximum Gasteiger partial charge on any atom is 0.253 e. The third-order valence-corrected chi connectivity index (χ3v) is 7.60. The molecule has 2 aliphatic heterocycles. The highest BCUT2D eigenvalue weighted by Crippen LogP contribution is 2.24. The second-order valence-electron chi connectivity index (χ2n) is 7.61. The number of morpholine rings is 1. The standard InChI is InChI=1S/C20H31N3O4S/c1-4-17-5-6-18(20(24)22-9-7-21(8-10-22)16(2)3)15-19(17)28(25,26)23-11-13-27-14-12-23/h5-6,15-16H,4,7-14H2,1-3H3. The minimum absolute atomic E-state index is 0.0931. The first-order valence-corrected chi connectivity index (χ1v) is 11.5. The van der Waals surface area contributed by atoms with E-state index in [2.05, 4.69) is 18.7 Å². The summed E-state index contributed by atoms with van der Waals surface area (Å²) in [6.45, 7) is 10.8. The largest absolute Gasteiger partial charge is 0.379 e. The number of aryl methyl sites for hydroxylation is 1. The minimum Gasteiger partial charge on any atom is -0.379 e. The van der Waals surface area contributed by atoms with E-state index in [1.54, 1.807) is 18.2 Å². The van der Waals surface area contributed by atoms with E-state index in [1.165, 1.54) is 4.31 Å². The van der Waals surface area contributed by atoms with E-state index >= 15 is 0 Å². The molecule has 2 aliphatic rings. The van der Waals surface area contributed by atoms with Gasteiger partial charge < -0.3 is 9.64 Å². The van der Waals surface area contributed by atoms with Gasteiger partial charge in [-0.15, -0.1) is 0 Å². The van der Waals surface area contributed by atoms with Gasteiger partial charge >= 0.3 is 0 Å². The Morgan fingerprint density at radius 3 is 2.29 bits per heavy atom. The second-order valence-corrected chi connectivity index (χ2v) is 9.52. The van der Waals surface area contributed by atoms with E-state index in [1.807, 2.05) is 11.8 Å². The van der Waals surface area contributed by atoms with Gasteiger partial charge in [-0.1, -0.05) is 13.0 Å². The lowest BCUT2D eigenvalue weighted by Crippen LogP contribution is -2.50. The molecule has 0 radical (unpaired) electrons. The third kappa shape index (κ3) is 4.40. The quantitative estimate of drug-likeness (QED) is 0.736. The fourth-order valence-corrected chi connectivity index (χ4v) is 5.50. The van der Waals surface area contributed by atoms with Crippen molar-refractivity contribution in [3.05, 3.63) is 29.3 Å². The van der Waals surface area contributed by atoms with Crippen LogP contribution in [0, 0.1) is 0 Å². The van der Waals surface area contributed by atoms with E-state index in [0.717, 1.165) is 18.7 Å². The molecule has 7 nitrogen and oxygen atoms in total. The maximum absolute atomic E-state index is 13.2. The highest BCUT2D eigenvalue weighted by molar-refractivity contribution is 7.89. The Labute approximate surface area is 168 Å². The monoisotopic (exact) mass is 409 g/mol. The van der Waals surface area contributed by atoms with Crippen LogP contribution >= 0.6 is 0 Å². The summed E-state index contributed by atoms with van der Waals surface area (Å²) < 4.78 is 33.1. The normalized spacial score (nSPS) is 19.9. The number of carbonyl (C=O) groups excluding carboxylic acids is 1. The number of hydrogen-bond acceptors (Lipinski definition) is 5. The summed E-state index contributed by atoms with van der Waals surface area (Å²) in [5.74, 6) is -0.0931. The van der Waals surface area contributed by atoms with Crippen LogP contribution in [0.15, 0.2) is 23.1 Å². The van der Waals surface area contributed by atoms with Crippen LogP contribution in [0.5, 0.6) is 0 Å². The lowest BCUT2D eigenvalue weighted by Gasteiger charge is -2.37. The van der Waals surface area contributed by atoms with Crippen LogP contribution in [-0.2, 0) is 21.2 Å². The highest BCUT2D eigenvalue weighted by Gasteiger charge is 2.30. The highest BCUT2D eigenvalue weighted by atomic mass is 32.2. The molecule has 1 aromatic carbocycles. The Kier molecular flexibility index (Phi) is 6.75. The van der Waals surface area contributed by atoms with Gasteiger partial charge in [0.2, 0.25) is 10.0 Å². The van der Waals surface area contributed by atoms with Crippen LogP contribution in [0.2, 0.25) is 0 Å². The van der Waals surface area contributed by atoms with Crippen LogP contribution in [-0.4, -0.2) is 87.0 Å². The van der Waals surface area contributed by atoms with Crippen molar-refractivity contribution in [1.82, 2.24) is 14.1 Å². The minimum atomic E-state index is -3.64. The number of benzene rings is 1. The average molecular weight is 410 g/mol. The van der Waals surface area contributed by atoms with Gasteiger partial charge in [-0.3, -0.25) is 9.69 Å². The molecule has 1 amide bonds. The number of carbonyl (C=O) groups is 1. The van der Waals surface area contributed by atoms with E-state index in [9.17, 15) is 13.2 Å². The van der Waals surface area contributed by atoms with Gasteiger partial charge in [-0.25, -0.2) is 8.42 Å².